The van der Waals surface area contributed by atoms with Crippen LogP contribution in [0.2, 0.25) is 0 Å². The molecule has 0 amide bonds. The normalized spacial score (nSPS) is 16.8. The standard InChI is InChI=1S/C10H17NO5/c1-9(12)16-8-10(13)15-7-4-11-2-5-14-6-3-11/h2-8H2,1H3. The van der Waals surface area contributed by atoms with Crippen LogP contribution in [0.15, 0.2) is 0 Å². The number of ether oxygens (including phenoxy) is 3. The Balaban J connectivity index is 2.01. The summed E-state index contributed by atoms with van der Waals surface area (Å²) in [7, 11) is 0. The van der Waals surface area contributed by atoms with Gasteiger partial charge in [-0.3, -0.25) is 9.69 Å². The van der Waals surface area contributed by atoms with E-state index in [9.17, 15) is 9.59 Å². The zero-order valence-electron chi connectivity index (χ0n) is 9.44. The quantitative estimate of drug-likeness (QED) is 0.590. The lowest BCUT2D eigenvalue weighted by molar-refractivity contribution is -0.157. The van der Waals surface area contributed by atoms with Crippen molar-refractivity contribution in [2.24, 2.45) is 0 Å². The molecule has 0 radical (unpaired) electrons. The fraction of sp³-hybridized carbons (Fsp3) is 0.800. The molecule has 16 heavy (non-hydrogen) atoms. The van der Waals surface area contributed by atoms with Crippen LogP contribution in [0.1, 0.15) is 6.92 Å². The summed E-state index contributed by atoms with van der Waals surface area (Å²) in [5, 5.41) is 0. The van der Waals surface area contributed by atoms with Gasteiger partial charge in [0.15, 0.2) is 6.61 Å². The maximum absolute atomic E-state index is 11.0. The van der Waals surface area contributed by atoms with Crippen LogP contribution in [0.3, 0.4) is 0 Å². The Morgan fingerprint density at radius 3 is 2.56 bits per heavy atom. The molecule has 0 saturated carbocycles. The van der Waals surface area contributed by atoms with Gasteiger partial charge in [0.25, 0.3) is 0 Å². The third-order valence-corrected chi connectivity index (χ3v) is 2.17. The second-order valence-electron chi connectivity index (χ2n) is 3.45. The van der Waals surface area contributed by atoms with Crippen LogP contribution in [0.25, 0.3) is 0 Å². The van der Waals surface area contributed by atoms with E-state index in [4.69, 9.17) is 9.47 Å². The summed E-state index contributed by atoms with van der Waals surface area (Å²) in [4.78, 5) is 23.6. The number of morpholine rings is 1. The van der Waals surface area contributed by atoms with Crippen LogP contribution in [0.4, 0.5) is 0 Å². The summed E-state index contributed by atoms with van der Waals surface area (Å²) in [5.41, 5.74) is 0. The third kappa shape index (κ3) is 5.67. The molecule has 0 spiro atoms. The van der Waals surface area contributed by atoms with Gasteiger partial charge in [0.05, 0.1) is 13.2 Å². The molecule has 0 aromatic rings. The highest BCUT2D eigenvalue weighted by Gasteiger charge is 2.11. The van der Waals surface area contributed by atoms with Crippen LogP contribution in [-0.2, 0) is 23.8 Å². The topological polar surface area (TPSA) is 65.1 Å². The molecular weight excluding hydrogens is 214 g/mol. The summed E-state index contributed by atoms with van der Waals surface area (Å²) in [6, 6.07) is 0. The molecule has 1 saturated heterocycles. The van der Waals surface area contributed by atoms with Crippen molar-refractivity contribution in [1.29, 1.82) is 0 Å². The van der Waals surface area contributed by atoms with Gasteiger partial charge in [-0.25, -0.2) is 4.79 Å². The second-order valence-corrected chi connectivity index (χ2v) is 3.45. The van der Waals surface area contributed by atoms with E-state index >= 15 is 0 Å². The van der Waals surface area contributed by atoms with Crippen molar-refractivity contribution in [3.8, 4) is 0 Å². The van der Waals surface area contributed by atoms with Gasteiger partial charge < -0.3 is 14.2 Å². The zero-order chi connectivity index (χ0) is 11.8. The van der Waals surface area contributed by atoms with Crippen LogP contribution < -0.4 is 0 Å². The van der Waals surface area contributed by atoms with Gasteiger partial charge in [-0.2, -0.15) is 0 Å². The molecule has 0 unspecified atom stereocenters. The first-order valence-corrected chi connectivity index (χ1v) is 5.27. The highest BCUT2D eigenvalue weighted by molar-refractivity contribution is 5.75. The average Bonchev–Trinajstić information content (AvgIpc) is 2.28. The Bertz CT molecular complexity index is 237. The van der Waals surface area contributed by atoms with Crippen molar-refractivity contribution >= 4 is 11.9 Å². The lowest BCUT2D eigenvalue weighted by Crippen LogP contribution is -2.38. The summed E-state index contributed by atoms with van der Waals surface area (Å²) in [5.74, 6) is -0.992. The number of rotatable bonds is 5. The number of hydrogen-bond acceptors (Lipinski definition) is 6. The molecule has 1 aliphatic rings. The minimum absolute atomic E-state index is 0.307. The minimum Gasteiger partial charge on any atom is -0.462 e. The van der Waals surface area contributed by atoms with E-state index in [0.717, 1.165) is 26.3 Å². The number of nitrogens with zero attached hydrogens (tertiary/aromatic N) is 1. The Hall–Kier alpha value is -1.14. The van der Waals surface area contributed by atoms with Crippen LogP contribution in [0.5, 0.6) is 0 Å². The van der Waals surface area contributed by atoms with Crippen LogP contribution >= 0.6 is 0 Å². The highest BCUT2D eigenvalue weighted by Crippen LogP contribution is 1.96. The smallest absolute Gasteiger partial charge is 0.344 e. The van der Waals surface area contributed by atoms with Gasteiger partial charge >= 0.3 is 11.9 Å². The molecule has 1 aliphatic heterocycles. The zero-order valence-corrected chi connectivity index (χ0v) is 9.44. The fourth-order valence-electron chi connectivity index (χ4n) is 1.32. The average molecular weight is 231 g/mol. The minimum atomic E-state index is -0.511. The molecule has 0 atom stereocenters. The second kappa shape index (κ2) is 7.19. The molecule has 1 rings (SSSR count). The van der Waals surface area contributed by atoms with Crippen molar-refractivity contribution in [3.05, 3.63) is 0 Å². The van der Waals surface area contributed by atoms with E-state index in [1.807, 2.05) is 0 Å². The summed E-state index contributed by atoms with van der Waals surface area (Å²) < 4.78 is 14.6. The maximum Gasteiger partial charge on any atom is 0.344 e. The highest BCUT2D eigenvalue weighted by atomic mass is 16.6. The molecule has 0 aromatic heterocycles. The van der Waals surface area contributed by atoms with Crippen molar-refractivity contribution in [2.45, 2.75) is 6.92 Å². The number of hydrogen-bond donors (Lipinski definition) is 0. The summed E-state index contributed by atoms with van der Waals surface area (Å²) in [6.07, 6.45) is 0. The predicted molar refractivity (Wildman–Crippen MR) is 54.9 cm³/mol. The Morgan fingerprint density at radius 1 is 1.25 bits per heavy atom. The van der Waals surface area contributed by atoms with Crippen molar-refractivity contribution in [3.63, 3.8) is 0 Å². The molecule has 92 valence electrons. The predicted octanol–water partition coefficient (Wildman–Crippen LogP) is -0.575. The Morgan fingerprint density at radius 2 is 1.94 bits per heavy atom. The Labute approximate surface area is 94.4 Å². The number of esters is 2. The first kappa shape index (κ1) is 12.9. The lowest BCUT2D eigenvalue weighted by Gasteiger charge is -2.26. The first-order valence-electron chi connectivity index (χ1n) is 5.27. The van der Waals surface area contributed by atoms with E-state index < -0.39 is 11.9 Å². The van der Waals surface area contributed by atoms with E-state index in [1.54, 1.807) is 0 Å². The number of carbonyl (C=O) groups excluding carboxylic acids is 2. The SMILES string of the molecule is CC(=O)OCC(=O)OCCN1CCOCC1. The van der Waals surface area contributed by atoms with Crippen molar-refractivity contribution < 1.29 is 23.8 Å². The molecule has 0 aromatic carbocycles. The largest absolute Gasteiger partial charge is 0.462 e. The lowest BCUT2D eigenvalue weighted by atomic mass is 10.4. The summed E-state index contributed by atoms with van der Waals surface area (Å²) in [6.45, 7) is 5.13. The van der Waals surface area contributed by atoms with Crippen molar-refractivity contribution in [2.75, 3.05) is 46.1 Å². The Kier molecular flexibility index (Phi) is 5.81. The van der Waals surface area contributed by atoms with Gasteiger partial charge in [-0.15, -0.1) is 0 Å². The molecule has 6 nitrogen and oxygen atoms in total. The molecule has 0 aliphatic carbocycles. The molecule has 0 N–H and O–H groups in total. The van der Waals surface area contributed by atoms with Crippen molar-refractivity contribution in [1.82, 2.24) is 4.90 Å². The van der Waals surface area contributed by atoms with Gasteiger partial charge in [0.1, 0.15) is 6.61 Å². The molecular formula is C10H17NO5. The van der Waals surface area contributed by atoms with Gasteiger partial charge in [0.2, 0.25) is 0 Å². The fourth-order valence-corrected chi connectivity index (χ4v) is 1.32. The van der Waals surface area contributed by atoms with Gasteiger partial charge in [-0.05, 0) is 0 Å². The van der Waals surface area contributed by atoms with E-state index in [1.165, 1.54) is 6.92 Å². The van der Waals surface area contributed by atoms with E-state index in [-0.39, 0.29) is 6.61 Å². The van der Waals surface area contributed by atoms with Crippen LogP contribution in [0, 0.1) is 0 Å². The first-order chi connectivity index (χ1) is 7.68. The third-order valence-electron chi connectivity index (χ3n) is 2.17. The van der Waals surface area contributed by atoms with E-state index in [2.05, 4.69) is 9.64 Å². The molecule has 0 bridgehead atoms. The molecule has 6 heteroatoms. The maximum atomic E-state index is 11.0. The summed E-state index contributed by atoms with van der Waals surface area (Å²) >= 11 is 0. The van der Waals surface area contributed by atoms with Crippen LogP contribution in [-0.4, -0.2) is 62.9 Å². The number of carbonyl (C=O) groups is 2. The molecule has 1 fully saturated rings. The van der Waals surface area contributed by atoms with Gasteiger partial charge in [-0.1, -0.05) is 0 Å². The monoisotopic (exact) mass is 231 g/mol. The van der Waals surface area contributed by atoms with E-state index in [0.29, 0.717) is 13.2 Å². The molecule has 1 heterocycles. The van der Waals surface area contributed by atoms with Gasteiger partial charge in [0, 0.05) is 26.6 Å².